The predicted octanol–water partition coefficient (Wildman–Crippen LogP) is 3.62. The summed E-state index contributed by atoms with van der Waals surface area (Å²) in [6.07, 6.45) is 1.29. The highest BCUT2D eigenvalue weighted by Crippen LogP contribution is 2.30. The molecule has 0 saturated carbocycles. The van der Waals surface area contributed by atoms with Gasteiger partial charge in [-0.05, 0) is 31.0 Å². The zero-order valence-corrected chi connectivity index (χ0v) is 16.5. The van der Waals surface area contributed by atoms with Crippen molar-refractivity contribution in [2.75, 3.05) is 39.3 Å². The molecule has 2 fully saturated rings. The number of benzene rings is 1. The number of aryl methyl sites for hydroxylation is 1. The monoisotopic (exact) mass is 399 g/mol. The Kier molecular flexibility index (Phi) is 8.95. The van der Waals surface area contributed by atoms with Crippen LogP contribution in [-0.4, -0.2) is 55.1 Å². The molecule has 2 aliphatic rings. The first-order valence-corrected chi connectivity index (χ1v) is 8.51. The van der Waals surface area contributed by atoms with Gasteiger partial charge in [-0.2, -0.15) is 0 Å². The normalized spacial score (nSPS) is 22.5. The number of piperazine rings is 1. The number of hydrogen-bond acceptors (Lipinski definition) is 3. The van der Waals surface area contributed by atoms with E-state index < -0.39 is 0 Å². The van der Waals surface area contributed by atoms with Crippen molar-refractivity contribution in [3.63, 3.8) is 0 Å². The summed E-state index contributed by atoms with van der Waals surface area (Å²) in [7, 11) is 0. The van der Waals surface area contributed by atoms with E-state index in [0.717, 1.165) is 61.5 Å². The Hall–Kier alpha value is 0.260. The molecule has 3 rings (SSSR count). The summed E-state index contributed by atoms with van der Waals surface area (Å²) in [5.41, 5.74) is 2.19. The van der Waals surface area contributed by atoms with Crippen molar-refractivity contribution in [3.8, 4) is 0 Å². The first-order valence-electron chi connectivity index (χ1n) is 7.76. The van der Waals surface area contributed by atoms with Crippen LogP contribution in [0.1, 0.15) is 17.5 Å². The Morgan fingerprint density at radius 1 is 1.09 bits per heavy atom. The van der Waals surface area contributed by atoms with Gasteiger partial charge in [-0.15, -0.1) is 24.8 Å². The van der Waals surface area contributed by atoms with E-state index in [-0.39, 0.29) is 24.8 Å². The van der Waals surface area contributed by atoms with Crippen LogP contribution in [0.15, 0.2) is 12.1 Å². The molecule has 1 aromatic rings. The van der Waals surface area contributed by atoms with E-state index in [9.17, 15) is 0 Å². The first-order chi connectivity index (χ1) is 10.1. The molecule has 1 unspecified atom stereocenters. The van der Waals surface area contributed by atoms with Gasteiger partial charge in [0.15, 0.2) is 0 Å². The molecule has 1 aromatic carbocycles. The van der Waals surface area contributed by atoms with Gasteiger partial charge in [-0.3, -0.25) is 9.80 Å². The smallest absolute Gasteiger partial charge is 0.0640 e. The Morgan fingerprint density at radius 2 is 1.78 bits per heavy atom. The highest BCUT2D eigenvalue weighted by Gasteiger charge is 2.26. The first kappa shape index (κ1) is 21.3. The van der Waals surface area contributed by atoms with Crippen molar-refractivity contribution < 1.29 is 0 Å². The van der Waals surface area contributed by atoms with Crippen LogP contribution < -0.4 is 5.32 Å². The predicted molar refractivity (Wildman–Crippen MR) is 104 cm³/mol. The summed E-state index contributed by atoms with van der Waals surface area (Å²) in [6.45, 7) is 9.74. The largest absolute Gasteiger partial charge is 0.315 e. The van der Waals surface area contributed by atoms with E-state index in [1.54, 1.807) is 0 Å². The van der Waals surface area contributed by atoms with Crippen LogP contribution in [0.4, 0.5) is 0 Å². The minimum Gasteiger partial charge on any atom is -0.315 e. The molecular weight excluding hydrogens is 376 g/mol. The van der Waals surface area contributed by atoms with Gasteiger partial charge in [0, 0.05) is 45.3 Å². The lowest BCUT2D eigenvalue weighted by atomic mass is 10.1. The van der Waals surface area contributed by atoms with Crippen LogP contribution in [0.25, 0.3) is 0 Å². The maximum absolute atomic E-state index is 6.37. The molecule has 0 amide bonds. The van der Waals surface area contributed by atoms with E-state index in [1.165, 1.54) is 13.0 Å². The van der Waals surface area contributed by atoms with Crippen LogP contribution >= 0.6 is 48.0 Å². The van der Waals surface area contributed by atoms with Gasteiger partial charge in [0.05, 0.1) is 10.0 Å². The van der Waals surface area contributed by atoms with Crippen molar-refractivity contribution in [2.45, 2.75) is 25.9 Å². The van der Waals surface area contributed by atoms with Crippen LogP contribution in [0, 0.1) is 6.92 Å². The number of nitrogens with one attached hydrogen (secondary N) is 1. The molecule has 2 heterocycles. The minimum absolute atomic E-state index is 0. The maximum atomic E-state index is 6.37. The summed E-state index contributed by atoms with van der Waals surface area (Å²) in [6, 6.07) is 4.91. The molecular formula is C16H25Cl4N3. The Morgan fingerprint density at radius 3 is 2.39 bits per heavy atom. The highest BCUT2D eigenvalue weighted by atomic mass is 35.5. The molecule has 0 spiro atoms. The molecule has 2 aliphatic heterocycles. The topological polar surface area (TPSA) is 18.5 Å². The van der Waals surface area contributed by atoms with Gasteiger partial charge in [0.25, 0.3) is 0 Å². The lowest BCUT2D eigenvalue weighted by molar-refractivity contribution is 0.0981. The Labute approximate surface area is 161 Å². The molecule has 0 aliphatic carbocycles. The van der Waals surface area contributed by atoms with E-state index in [0.29, 0.717) is 5.02 Å². The lowest BCUT2D eigenvalue weighted by Gasteiger charge is -2.38. The Balaban J connectivity index is 0.00000132. The third kappa shape index (κ3) is 5.12. The molecule has 0 bridgehead atoms. The molecule has 23 heavy (non-hydrogen) atoms. The SMILES string of the molecule is Cc1ccc(CN2CCN(C3CCNC3)CC2)c(Cl)c1Cl.Cl.Cl. The summed E-state index contributed by atoms with van der Waals surface area (Å²) >= 11 is 12.6. The molecule has 0 aromatic heterocycles. The molecule has 3 nitrogen and oxygen atoms in total. The zero-order chi connectivity index (χ0) is 14.8. The summed E-state index contributed by atoms with van der Waals surface area (Å²) in [5, 5.41) is 4.87. The molecule has 2 saturated heterocycles. The lowest BCUT2D eigenvalue weighted by Crippen LogP contribution is -2.50. The van der Waals surface area contributed by atoms with Crippen molar-refractivity contribution in [3.05, 3.63) is 33.3 Å². The number of hydrogen-bond donors (Lipinski definition) is 1. The fraction of sp³-hybridized carbons (Fsp3) is 0.625. The molecule has 1 N–H and O–H groups in total. The fourth-order valence-corrected chi connectivity index (χ4v) is 3.74. The quantitative estimate of drug-likeness (QED) is 0.835. The van der Waals surface area contributed by atoms with Gasteiger partial charge >= 0.3 is 0 Å². The van der Waals surface area contributed by atoms with Gasteiger partial charge in [-0.25, -0.2) is 0 Å². The maximum Gasteiger partial charge on any atom is 0.0640 e. The third-order valence-electron chi connectivity index (χ3n) is 4.71. The van der Waals surface area contributed by atoms with Gasteiger partial charge < -0.3 is 5.32 Å². The molecule has 1 atom stereocenters. The third-order valence-corrected chi connectivity index (χ3v) is 5.72. The second-order valence-electron chi connectivity index (χ2n) is 6.13. The van der Waals surface area contributed by atoms with E-state index in [1.807, 2.05) is 6.92 Å². The summed E-state index contributed by atoms with van der Waals surface area (Å²) in [5.74, 6) is 0. The van der Waals surface area contributed by atoms with Crippen molar-refractivity contribution >= 4 is 48.0 Å². The summed E-state index contributed by atoms with van der Waals surface area (Å²) in [4.78, 5) is 5.10. The number of halogens is 4. The van der Waals surface area contributed by atoms with Crippen molar-refractivity contribution in [2.24, 2.45) is 0 Å². The average Bonchev–Trinajstić information content (AvgIpc) is 3.03. The highest BCUT2D eigenvalue weighted by molar-refractivity contribution is 6.42. The minimum atomic E-state index is 0. The van der Waals surface area contributed by atoms with Crippen LogP contribution in [0.3, 0.4) is 0 Å². The molecule has 132 valence electrons. The van der Waals surface area contributed by atoms with E-state index in [4.69, 9.17) is 23.2 Å². The standard InChI is InChI=1S/C16H23Cl2N3.2ClH/c1-12-2-3-13(16(18)15(12)17)11-20-6-8-21(9-7-20)14-4-5-19-10-14;;/h2-3,14,19H,4-11H2,1H3;2*1H. The summed E-state index contributed by atoms with van der Waals surface area (Å²) < 4.78 is 0. The van der Waals surface area contributed by atoms with Crippen LogP contribution in [0.5, 0.6) is 0 Å². The van der Waals surface area contributed by atoms with E-state index in [2.05, 4.69) is 27.2 Å². The number of rotatable bonds is 3. The Bertz CT molecular complexity index is 498. The van der Waals surface area contributed by atoms with Gasteiger partial charge in [0.2, 0.25) is 0 Å². The second kappa shape index (κ2) is 9.67. The molecule has 7 heteroatoms. The molecule has 0 radical (unpaired) electrons. The zero-order valence-electron chi connectivity index (χ0n) is 13.4. The average molecular weight is 401 g/mol. The van der Waals surface area contributed by atoms with Crippen LogP contribution in [-0.2, 0) is 6.54 Å². The van der Waals surface area contributed by atoms with Gasteiger partial charge in [0.1, 0.15) is 0 Å². The van der Waals surface area contributed by atoms with Crippen molar-refractivity contribution in [1.29, 1.82) is 0 Å². The van der Waals surface area contributed by atoms with Crippen molar-refractivity contribution in [1.82, 2.24) is 15.1 Å². The second-order valence-corrected chi connectivity index (χ2v) is 6.88. The number of nitrogens with zero attached hydrogens (tertiary/aromatic N) is 2. The van der Waals surface area contributed by atoms with E-state index >= 15 is 0 Å². The fourth-order valence-electron chi connectivity index (χ4n) is 3.29. The van der Waals surface area contributed by atoms with Gasteiger partial charge in [-0.1, -0.05) is 35.3 Å². The van der Waals surface area contributed by atoms with Crippen LogP contribution in [0.2, 0.25) is 10.0 Å².